The van der Waals surface area contributed by atoms with Crippen molar-refractivity contribution in [3.8, 4) is 11.4 Å². The fraction of sp³-hybridized carbons (Fsp3) is 0.0833. The maximum absolute atomic E-state index is 9.73. The number of anilines is 1. The van der Waals surface area contributed by atoms with Crippen LogP contribution in [0.5, 0.6) is 5.75 Å². The van der Waals surface area contributed by atoms with Gasteiger partial charge in [-0.3, -0.25) is 4.98 Å². The predicted molar refractivity (Wildman–Crippen MR) is 122 cm³/mol. The van der Waals surface area contributed by atoms with Gasteiger partial charge in [0.2, 0.25) is 0 Å². The number of hydrogen-bond donors (Lipinski definition) is 2. The summed E-state index contributed by atoms with van der Waals surface area (Å²) in [5, 5.41) is 13.8. The van der Waals surface area contributed by atoms with Crippen LogP contribution in [-0.2, 0) is 0 Å². The van der Waals surface area contributed by atoms with E-state index in [1.54, 1.807) is 18.3 Å². The Hall–Kier alpha value is -3.64. The maximum atomic E-state index is 9.73. The number of nitrogens with one attached hydrogen (secondary N) is 1. The van der Waals surface area contributed by atoms with Gasteiger partial charge in [0.05, 0.1) is 17.8 Å². The van der Waals surface area contributed by atoms with Gasteiger partial charge < -0.3 is 19.9 Å². The van der Waals surface area contributed by atoms with Gasteiger partial charge in [-0.25, -0.2) is 0 Å². The average Bonchev–Trinajstić information content (AvgIpc) is 3.40. The van der Waals surface area contributed by atoms with Crippen molar-refractivity contribution < 1.29 is 5.11 Å². The normalized spacial score (nSPS) is 18.4. The molecule has 2 aromatic carbocycles. The zero-order valence-electron chi connectivity index (χ0n) is 16.1. The van der Waals surface area contributed by atoms with Crippen LogP contribution in [-0.4, -0.2) is 19.8 Å². The Kier molecular flexibility index (Phi) is 4.69. The number of aromatic hydroxyl groups is 1. The molecule has 1 aliphatic heterocycles. The van der Waals surface area contributed by atoms with Gasteiger partial charge in [-0.1, -0.05) is 24.3 Å². The van der Waals surface area contributed by atoms with Gasteiger partial charge in [-0.2, -0.15) is 0 Å². The van der Waals surface area contributed by atoms with E-state index in [9.17, 15) is 5.11 Å². The molecule has 2 N–H and O–H groups in total. The molecule has 6 heteroatoms. The van der Waals surface area contributed by atoms with E-state index in [-0.39, 0.29) is 17.8 Å². The van der Waals surface area contributed by atoms with Crippen LogP contribution in [0.15, 0.2) is 97.5 Å². The van der Waals surface area contributed by atoms with E-state index in [4.69, 9.17) is 12.2 Å². The van der Waals surface area contributed by atoms with E-state index < -0.39 is 0 Å². The molecule has 0 unspecified atom stereocenters. The lowest BCUT2D eigenvalue weighted by atomic mass is 9.98. The largest absolute Gasteiger partial charge is 0.508 e. The third-order valence-electron chi connectivity index (χ3n) is 5.34. The van der Waals surface area contributed by atoms with E-state index in [1.165, 1.54) is 0 Å². The predicted octanol–water partition coefficient (Wildman–Crippen LogP) is 4.76. The Morgan fingerprint density at radius 3 is 2.37 bits per heavy atom. The van der Waals surface area contributed by atoms with Gasteiger partial charge in [0.25, 0.3) is 0 Å². The van der Waals surface area contributed by atoms with Gasteiger partial charge in [0.15, 0.2) is 5.11 Å². The minimum Gasteiger partial charge on any atom is -0.508 e. The van der Waals surface area contributed by atoms with Gasteiger partial charge in [-0.05, 0) is 72.4 Å². The Morgan fingerprint density at radius 1 is 0.867 bits per heavy atom. The summed E-state index contributed by atoms with van der Waals surface area (Å²) in [6.07, 6.45) is 6.00. The van der Waals surface area contributed by atoms with Crippen molar-refractivity contribution in [2.75, 3.05) is 4.90 Å². The van der Waals surface area contributed by atoms with Gasteiger partial charge in [-0.15, -0.1) is 0 Å². The van der Waals surface area contributed by atoms with Crippen LogP contribution < -0.4 is 10.2 Å². The van der Waals surface area contributed by atoms with Crippen molar-refractivity contribution >= 4 is 23.0 Å². The van der Waals surface area contributed by atoms with Crippen molar-refractivity contribution in [3.63, 3.8) is 0 Å². The quantitative estimate of drug-likeness (QED) is 0.474. The van der Waals surface area contributed by atoms with Crippen molar-refractivity contribution in [3.05, 3.63) is 109 Å². The van der Waals surface area contributed by atoms with E-state index >= 15 is 0 Å². The molecule has 2 aromatic heterocycles. The van der Waals surface area contributed by atoms with Gasteiger partial charge in [0.1, 0.15) is 5.75 Å². The fourth-order valence-electron chi connectivity index (χ4n) is 3.93. The monoisotopic (exact) mass is 412 g/mol. The highest BCUT2D eigenvalue weighted by atomic mass is 32.1. The molecule has 1 saturated heterocycles. The zero-order chi connectivity index (χ0) is 20.5. The highest BCUT2D eigenvalue weighted by molar-refractivity contribution is 7.80. The third kappa shape index (κ3) is 3.31. The second kappa shape index (κ2) is 7.65. The summed E-state index contributed by atoms with van der Waals surface area (Å²) in [6.45, 7) is 0. The Labute approximate surface area is 180 Å². The Morgan fingerprint density at radius 2 is 1.63 bits per heavy atom. The molecule has 4 aromatic rings. The van der Waals surface area contributed by atoms with Crippen LogP contribution in [0, 0.1) is 0 Å². The Balaban J connectivity index is 1.60. The number of hydrogen-bond acceptors (Lipinski definition) is 3. The molecule has 1 fully saturated rings. The minimum atomic E-state index is -0.0980. The zero-order valence-corrected chi connectivity index (χ0v) is 16.9. The molecule has 0 saturated carbocycles. The first kappa shape index (κ1) is 18.4. The SMILES string of the molecule is Oc1ccc(N2C(=S)N[C@H](c3ccccn3)[C@H]2c2ccn(-c3ccccc3)c2)cc1. The summed E-state index contributed by atoms with van der Waals surface area (Å²) in [5.41, 5.74) is 4.07. The van der Waals surface area contributed by atoms with Crippen LogP contribution in [0.2, 0.25) is 0 Å². The van der Waals surface area contributed by atoms with E-state index in [0.717, 1.165) is 22.6 Å². The topological polar surface area (TPSA) is 53.3 Å². The van der Waals surface area contributed by atoms with Crippen LogP contribution in [0.3, 0.4) is 0 Å². The number of benzene rings is 2. The van der Waals surface area contributed by atoms with E-state index in [1.807, 2.05) is 48.5 Å². The summed E-state index contributed by atoms with van der Waals surface area (Å²) in [7, 11) is 0. The number of aromatic nitrogens is 2. The summed E-state index contributed by atoms with van der Waals surface area (Å²) in [6, 6.07) is 25.2. The molecule has 0 spiro atoms. The molecule has 30 heavy (non-hydrogen) atoms. The van der Waals surface area contributed by atoms with E-state index in [0.29, 0.717) is 5.11 Å². The molecular formula is C24H20N4OS. The van der Waals surface area contributed by atoms with Crippen LogP contribution in [0.25, 0.3) is 5.69 Å². The molecule has 5 nitrogen and oxygen atoms in total. The molecule has 148 valence electrons. The Bertz CT molecular complexity index is 1160. The summed E-state index contributed by atoms with van der Waals surface area (Å²) in [4.78, 5) is 6.68. The average molecular weight is 413 g/mol. The molecule has 0 aliphatic carbocycles. The third-order valence-corrected chi connectivity index (χ3v) is 5.65. The fourth-order valence-corrected chi connectivity index (χ4v) is 4.28. The lowest BCUT2D eigenvalue weighted by molar-refractivity contribution is 0.475. The highest BCUT2D eigenvalue weighted by Gasteiger charge is 2.41. The number of phenols is 1. The lowest BCUT2D eigenvalue weighted by Gasteiger charge is -2.27. The minimum absolute atomic E-state index is 0.0816. The number of phenolic OH excluding ortho intramolecular Hbond substituents is 1. The molecule has 0 amide bonds. The molecule has 0 radical (unpaired) electrons. The number of nitrogens with zero attached hydrogens (tertiary/aromatic N) is 3. The summed E-state index contributed by atoms with van der Waals surface area (Å²) < 4.78 is 2.11. The smallest absolute Gasteiger partial charge is 0.174 e. The van der Waals surface area contributed by atoms with E-state index in [2.05, 4.69) is 50.4 Å². The molecule has 2 atom stereocenters. The molecule has 0 bridgehead atoms. The van der Waals surface area contributed by atoms with Crippen LogP contribution in [0.4, 0.5) is 5.69 Å². The van der Waals surface area contributed by atoms with Crippen LogP contribution in [0.1, 0.15) is 23.3 Å². The van der Waals surface area contributed by atoms with Crippen molar-refractivity contribution in [1.82, 2.24) is 14.9 Å². The molecule has 5 rings (SSSR count). The van der Waals surface area contributed by atoms with Crippen LogP contribution >= 0.6 is 12.2 Å². The first-order chi connectivity index (χ1) is 14.7. The number of rotatable bonds is 4. The first-order valence-corrected chi connectivity index (χ1v) is 10.1. The van der Waals surface area contributed by atoms with Crippen molar-refractivity contribution in [2.24, 2.45) is 0 Å². The van der Waals surface area contributed by atoms with Gasteiger partial charge in [0, 0.05) is 30.0 Å². The number of para-hydroxylation sites is 1. The number of pyridine rings is 1. The standard InChI is InChI=1S/C24H20N4OS/c29-20-11-9-19(10-12-20)28-23(22(26-24(28)30)21-8-4-5-14-25-21)17-13-15-27(16-17)18-6-2-1-3-7-18/h1-16,22-23,29H,(H,26,30)/t22-,23-/m1/s1. The maximum Gasteiger partial charge on any atom is 0.174 e. The van der Waals surface area contributed by atoms with Crippen molar-refractivity contribution in [1.29, 1.82) is 0 Å². The van der Waals surface area contributed by atoms with Crippen molar-refractivity contribution in [2.45, 2.75) is 12.1 Å². The lowest BCUT2D eigenvalue weighted by Crippen LogP contribution is -2.29. The molecule has 1 aliphatic rings. The van der Waals surface area contributed by atoms with Gasteiger partial charge >= 0.3 is 0 Å². The second-order valence-electron chi connectivity index (χ2n) is 7.20. The summed E-state index contributed by atoms with van der Waals surface area (Å²) in [5.74, 6) is 0.227. The first-order valence-electron chi connectivity index (χ1n) is 9.74. The second-order valence-corrected chi connectivity index (χ2v) is 7.59. The number of thiocarbonyl (C=S) groups is 1. The molecular weight excluding hydrogens is 392 g/mol. The highest BCUT2D eigenvalue weighted by Crippen LogP contribution is 2.42. The summed E-state index contributed by atoms with van der Waals surface area (Å²) >= 11 is 5.73. The molecule has 3 heterocycles.